The molecule has 2 N–H and O–H groups in total. The second-order valence-corrected chi connectivity index (χ2v) is 4.57. The van der Waals surface area contributed by atoms with Gasteiger partial charge in [-0.15, -0.1) is 0 Å². The molecule has 0 aliphatic rings. The molecule has 1 amide bonds. The molecule has 21 heavy (non-hydrogen) atoms. The van der Waals surface area contributed by atoms with Crippen molar-refractivity contribution < 1.29 is 29.0 Å². The van der Waals surface area contributed by atoms with Crippen LogP contribution in [0.15, 0.2) is 18.2 Å². The Bertz CT molecular complexity index is 583. The minimum absolute atomic E-state index is 0.171. The molecule has 1 atom stereocenters. The van der Waals surface area contributed by atoms with Crippen molar-refractivity contribution in [2.45, 2.75) is 26.3 Å². The number of carbonyl (C=O) groups excluding carboxylic acids is 2. The van der Waals surface area contributed by atoms with E-state index >= 15 is 0 Å². The Morgan fingerprint density at radius 2 is 1.81 bits per heavy atom. The van der Waals surface area contributed by atoms with E-state index in [0.29, 0.717) is 0 Å². The number of hydrogen-bond donors (Lipinski definition) is 2. The van der Waals surface area contributed by atoms with Gasteiger partial charge in [0.15, 0.2) is 17.0 Å². The molecule has 7 nitrogen and oxygen atoms in total. The maximum atomic E-state index is 11.5. The monoisotopic (exact) mass is 295 g/mol. The topological polar surface area (TPSA) is 102 Å². The van der Waals surface area contributed by atoms with Crippen LogP contribution in [0.2, 0.25) is 0 Å². The first-order valence-electron chi connectivity index (χ1n) is 6.09. The van der Waals surface area contributed by atoms with Gasteiger partial charge in [-0.05, 0) is 24.6 Å². The van der Waals surface area contributed by atoms with Crippen LogP contribution in [0.4, 0.5) is 0 Å². The van der Waals surface area contributed by atoms with Crippen LogP contribution in [0.3, 0.4) is 0 Å². The van der Waals surface area contributed by atoms with E-state index in [1.807, 2.05) is 0 Å². The summed E-state index contributed by atoms with van der Waals surface area (Å²) >= 11 is 0. The lowest BCUT2D eigenvalue weighted by atomic mass is 9.91. The third kappa shape index (κ3) is 3.71. The van der Waals surface area contributed by atoms with E-state index in [0.717, 1.165) is 0 Å². The lowest BCUT2D eigenvalue weighted by Crippen LogP contribution is -2.48. The van der Waals surface area contributed by atoms with Crippen molar-refractivity contribution in [1.82, 2.24) is 5.32 Å². The molecule has 0 aliphatic carbocycles. The van der Waals surface area contributed by atoms with E-state index in [1.165, 1.54) is 46.1 Å². The smallest absolute Gasteiger partial charge is 0.333 e. The first-order chi connectivity index (χ1) is 9.70. The second-order valence-electron chi connectivity index (χ2n) is 4.57. The predicted molar refractivity (Wildman–Crippen MR) is 73.1 cm³/mol. The Morgan fingerprint density at radius 1 is 1.19 bits per heavy atom. The Morgan fingerprint density at radius 3 is 2.24 bits per heavy atom. The van der Waals surface area contributed by atoms with Gasteiger partial charge < -0.3 is 19.9 Å². The molecule has 1 rings (SSSR count). The molecule has 0 saturated heterocycles. The number of carboxylic acid groups (broad SMARTS) is 1. The molecule has 1 aromatic rings. The number of esters is 1. The summed E-state index contributed by atoms with van der Waals surface area (Å²) in [6.45, 7) is 3.83. The van der Waals surface area contributed by atoms with Crippen LogP contribution < -0.4 is 14.8 Å². The van der Waals surface area contributed by atoms with Gasteiger partial charge in [0, 0.05) is 13.8 Å². The zero-order valence-corrected chi connectivity index (χ0v) is 12.2. The summed E-state index contributed by atoms with van der Waals surface area (Å²) in [5.74, 6) is -1.86. The fourth-order valence-corrected chi connectivity index (χ4v) is 1.82. The van der Waals surface area contributed by atoms with Crippen molar-refractivity contribution >= 4 is 17.8 Å². The highest BCUT2D eigenvalue weighted by atomic mass is 16.6. The average molecular weight is 295 g/mol. The fraction of sp³-hybridized carbons (Fsp3) is 0.357. The van der Waals surface area contributed by atoms with Gasteiger partial charge >= 0.3 is 11.9 Å². The predicted octanol–water partition coefficient (Wildman–Crippen LogP) is 1.06. The van der Waals surface area contributed by atoms with Gasteiger partial charge in [-0.1, -0.05) is 6.07 Å². The molecular formula is C14H17NO6. The number of rotatable bonds is 5. The lowest BCUT2D eigenvalue weighted by molar-refractivity contribution is -0.147. The molecule has 0 fully saturated rings. The number of methoxy groups -OCH3 is 1. The molecule has 1 aromatic carbocycles. The zero-order valence-electron chi connectivity index (χ0n) is 12.2. The minimum Gasteiger partial charge on any atom is -0.493 e. The Hall–Kier alpha value is -2.57. The van der Waals surface area contributed by atoms with Crippen molar-refractivity contribution in [2.24, 2.45) is 0 Å². The van der Waals surface area contributed by atoms with Crippen LogP contribution in [0, 0.1) is 0 Å². The van der Waals surface area contributed by atoms with E-state index < -0.39 is 23.4 Å². The number of hydrogen-bond acceptors (Lipinski definition) is 5. The van der Waals surface area contributed by atoms with Gasteiger partial charge in [0.2, 0.25) is 5.91 Å². The maximum absolute atomic E-state index is 11.5. The third-order valence-electron chi connectivity index (χ3n) is 2.85. The summed E-state index contributed by atoms with van der Waals surface area (Å²) < 4.78 is 10.0. The number of nitrogens with one attached hydrogen (secondary N) is 1. The van der Waals surface area contributed by atoms with E-state index in [1.54, 1.807) is 0 Å². The number of carboxylic acids is 1. The summed E-state index contributed by atoms with van der Waals surface area (Å²) in [7, 11) is 1.36. The van der Waals surface area contributed by atoms with Gasteiger partial charge in [-0.2, -0.15) is 0 Å². The van der Waals surface area contributed by atoms with E-state index in [2.05, 4.69) is 5.32 Å². The molecule has 0 bridgehead atoms. The van der Waals surface area contributed by atoms with E-state index in [9.17, 15) is 19.5 Å². The SMILES string of the molecule is COc1cc(C(C)(NC(C)=O)C(=O)O)ccc1OC(C)=O. The van der Waals surface area contributed by atoms with Gasteiger partial charge in [-0.3, -0.25) is 9.59 Å². The van der Waals surface area contributed by atoms with Crippen molar-refractivity contribution in [3.8, 4) is 11.5 Å². The Labute approximate surface area is 121 Å². The fourth-order valence-electron chi connectivity index (χ4n) is 1.82. The van der Waals surface area contributed by atoms with Gasteiger partial charge in [0.25, 0.3) is 0 Å². The number of carbonyl (C=O) groups is 3. The Balaban J connectivity index is 3.31. The molecule has 0 radical (unpaired) electrons. The zero-order chi connectivity index (χ0) is 16.2. The third-order valence-corrected chi connectivity index (χ3v) is 2.85. The summed E-state index contributed by atoms with van der Waals surface area (Å²) in [5, 5.41) is 11.8. The highest BCUT2D eigenvalue weighted by Crippen LogP contribution is 2.32. The van der Waals surface area contributed by atoms with Crippen molar-refractivity contribution in [1.29, 1.82) is 0 Å². The standard InChI is InChI=1S/C14H17NO6/c1-8(16)15-14(3,13(18)19)10-5-6-11(21-9(2)17)12(7-10)20-4/h5-7H,1-4H3,(H,15,16)(H,18,19). The summed E-state index contributed by atoms with van der Waals surface area (Å²) in [4.78, 5) is 33.7. The first kappa shape index (κ1) is 16.5. The second kappa shape index (κ2) is 6.25. The number of ether oxygens (including phenoxy) is 2. The van der Waals surface area contributed by atoms with Crippen LogP contribution in [0.1, 0.15) is 26.3 Å². The molecule has 7 heteroatoms. The molecule has 1 unspecified atom stereocenters. The first-order valence-corrected chi connectivity index (χ1v) is 6.09. The largest absolute Gasteiger partial charge is 0.493 e. The van der Waals surface area contributed by atoms with Crippen LogP contribution in [0.25, 0.3) is 0 Å². The van der Waals surface area contributed by atoms with E-state index in [-0.39, 0.29) is 17.1 Å². The number of amides is 1. The van der Waals surface area contributed by atoms with E-state index in [4.69, 9.17) is 9.47 Å². The minimum atomic E-state index is -1.62. The summed E-state index contributed by atoms with van der Waals surface area (Å²) in [6, 6.07) is 4.27. The summed E-state index contributed by atoms with van der Waals surface area (Å²) in [6.07, 6.45) is 0. The van der Waals surface area contributed by atoms with Crippen LogP contribution in [-0.4, -0.2) is 30.1 Å². The van der Waals surface area contributed by atoms with Crippen LogP contribution in [0.5, 0.6) is 11.5 Å². The number of benzene rings is 1. The van der Waals surface area contributed by atoms with Crippen molar-refractivity contribution in [3.05, 3.63) is 23.8 Å². The van der Waals surface area contributed by atoms with Gasteiger partial charge in [0.1, 0.15) is 0 Å². The molecule has 0 spiro atoms. The highest BCUT2D eigenvalue weighted by Gasteiger charge is 2.36. The van der Waals surface area contributed by atoms with Gasteiger partial charge in [-0.25, -0.2) is 4.79 Å². The normalized spacial score (nSPS) is 13.0. The van der Waals surface area contributed by atoms with Crippen LogP contribution >= 0.6 is 0 Å². The maximum Gasteiger partial charge on any atom is 0.333 e. The van der Waals surface area contributed by atoms with Gasteiger partial charge in [0.05, 0.1) is 7.11 Å². The van der Waals surface area contributed by atoms with Crippen molar-refractivity contribution in [3.63, 3.8) is 0 Å². The molecule has 0 aromatic heterocycles. The van der Waals surface area contributed by atoms with Crippen LogP contribution in [-0.2, 0) is 19.9 Å². The lowest BCUT2D eigenvalue weighted by Gasteiger charge is -2.26. The molecule has 0 saturated carbocycles. The number of aliphatic carboxylic acids is 1. The highest BCUT2D eigenvalue weighted by molar-refractivity contribution is 5.87. The Kier molecular flexibility index (Phi) is 4.91. The molecular weight excluding hydrogens is 278 g/mol. The average Bonchev–Trinajstić information content (AvgIpc) is 2.37. The quantitative estimate of drug-likeness (QED) is 0.622. The van der Waals surface area contributed by atoms with Crippen molar-refractivity contribution in [2.75, 3.05) is 7.11 Å². The molecule has 0 heterocycles. The molecule has 114 valence electrons. The molecule has 0 aliphatic heterocycles. The summed E-state index contributed by atoms with van der Waals surface area (Å²) in [5.41, 5.74) is -1.33.